The zero-order valence-corrected chi connectivity index (χ0v) is 12.5. The summed E-state index contributed by atoms with van der Waals surface area (Å²) in [5.74, 6) is 0.514. The number of hydrogen-bond donors (Lipinski definition) is 1. The number of anilines is 1. The molecule has 0 bridgehead atoms. The summed E-state index contributed by atoms with van der Waals surface area (Å²) in [5, 5.41) is 0. The first kappa shape index (κ1) is 14.1. The Balaban J connectivity index is 2.14. The number of nitrogens with two attached hydrogens (primary N) is 1. The maximum atomic E-state index is 12.4. The standard InChI is InChI=1S/C19H18N2O/c1-14-12-18(22)17(13-15-8-4-2-5-9-15)19(20)21(14)16-10-6-3-7-11-16/h2-12H,13,20H2,1H3. The number of benzene rings is 2. The van der Waals surface area contributed by atoms with Crippen LogP contribution in [0.4, 0.5) is 5.82 Å². The van der Waals surface area contributed by atoms with Gasteiger partial charge in [0.1, 0.15) is 5.82 Å². The SMILES string of the molecule is Cc1cc(=O)c(Cc2ccccc2)c(N)n1-c1ccccc1. The molecule has 0 atom stereocenters. The highest BCUT2D eigenvalue weighted by molar-refractivity contribution is 5.51. The molecule has 2 aromatic carbocycles. The van der Waals surface area contributed by atoms with Crippen LogP contribution in [0.2, 0.25) is 0 Å². The van der Waals surface area contributed by atoms with Gasteiger partial charge in [-0.05, 0) is 24.6 Å². The van der Waals surface area contributed by atoms with E-state index in [9.17, 15) is 4.79 Å². The number of aromatic nitrogens is 1. The summed E-state index contributed by atoms with van der Waals surface area (Å²) in [6.45, 7) is 1.90. The summed E-state index contributed by atoms with van der Waals surface area (Å²) < 4.78 is 1.93. The molecular formula is C19H18N2O. The van der Waals surface area contributed by atoms with Crippen molar-refractivity contribution in [1.29, 1.82) is 0 Å². The summed E-state index contributed by atoms with van der Waals surface area (Å²) in [7, 11) is 0. The summed E-state index contributed by atoms with van der Waals surface area (Å²) >= 11 is 0. The molecule has 1 heterocycles. The molecule has 0 aliphatic rings. The number of pyridine rings is 1. The Bertz CT molecular complexity index is 837. The van der Waals surface area contributed by atoms with E-state index < -0.39 is 0 Å². The zero-order chi connectivity index (χ0) is 15.5. The van der Waals surface area contributed by atoms with Crippen molar-refractivity contribution in [3.05, 3.63) is 93.8 Å². The van der Waals surface area contributed by atoms with Crippen LogP contribution in [0.5, 0.6) is 0 Å². The highest BCUT2D eigenvalue weighted by Gasteiger charge is 2.12. The number of nitrogens with zero attached hydrogens (tertiary/aromatic N) is 1. The fourth-order valence-corrected chi connectivity index (χ4v) is 2.69. The Morgan fingerprint density at radius 3 is 2.18 bits per heavy atom. The maximum absolute atomic E-state index is 12.4. The lowest BCUT2D eigenvalue weighted by molar-refractivity contribution is 0.958. The first-order valence-electron chi connectivity index (χ1n) is 7.27. The Morgan fingerprint density at radius 1 is 0.955 bits per heavy atom. The molecule has 3 nitrogen and oxygen atoms in total. The lowest BCUT2D eigenvalue weighted by Gasteiger charge is -2.17. The van der Waals surface area contributed by atoms with E-state index in [2.05, 4.69) is 0 Å². The fraction of sp³-hybridized carbons (Fsp3) is 0.105. The van der Waals surface area contributed by atoms with Gasteiger partial charge in [-0.1, -0.05) is 48.5 Å². The second-order valence-electron chi connectivity index (χ2n) is 5.35. The van der Waals surface area contributed by atoms with Crippen molar-refractivity contribution in [1.82, 2.24) is 4.57 Å². The molecule has 110 valence electrons. The van der Waals surface area contributed by atoms with Crippen molar-refractivity contribution in [2.45, 2.75) is 13.3 Å². The minimum Gasteiger partial charge on any atom is -0.384 e. The van der Waals surface area contributed by atoms with E-state index in [0.29, 0.717) is 17.8 Å². The van der Waals surface area contributed by atoms with E-state index >= 15 is 0 Å². The molecule has 3 rings (SSSR count). The van der Waals surface area contributed by atoms with Gasteiger partial charge in [-0.3, -0.25) is 4.79 Å². The molecule has 0 aliphatic heterocycles. The van der Waals surface area contributed by atoms with Crippen LogP contribution in [0.25, 0.3) is 5.69 Å². The van der Waals surface area contributed by atoms with Gasteiger partial charge in [0.15, 0.2) is 5.43 Å². The maximum Gasteiger partial charge on any atom is 0.187 e. The highest BCUT2D eigenvalue weighted by atomic mass is 16.1. The summed E-state index contributed by atoms with van der Waals surface area (Å²) in [6, 6.07) is 21.4. The van der Waals surface area contributed by atoms with Gasteiger partial charge in [0.2, 0.25) is 0 Å². The van der Waals surface area contributed by atoms with Gasteiger partial charge in [0.25, 0.3) is 0 Å². The molecule has 22 heavy (non-hydrogen) atoms. The molecule has 0 unspecified atom stereocenters. The average Bonchev–Trinajstić information content (AvgIpc) is 2.53. The molecule has 3 heteroatoms. The Kier molecular flexibility index (Phi) is 3.79. The molecule has 0 aliphatic carbocycles. The van der Waals surface area contributed by atoms with Crippen molar-refractivity contribution in [3.8, 4) is 5.69 Å². The second kappa shape index (κ2) is 5.90. The molecule has 2 N–H and O–H groups in total. The van der Waals surface area contributed by atoms with Gasteiger partial charge in [0.05, 0.1) is 0 Å². The number of aryl methyl sites for hydroxylation is 1. The number of para-hydroxylation sites is 1. The molecule has 0 amide bonds. The third kappa shape index (κ3) is 2.66. The molecule has 0 spiro atoms. The van der Waals surface area contributed by atoms with Crippen LogP contribution in [0.3, 0.4) is 0 Å². The monoisotopic (exact) mass is 290 g/mol. The van der Waals surface area contributed by atoms with Gasteiger partial charge < -0.3 is 10.3 Å². The van der Waals surface area contributed by atoms with Gasteiger partial charge in [-0.25, -0.2) is 0 Å². The van der Waals surface area contributed by atoms with Crippen LogP contribution in [0.1, 0.15) is 16.8 Å². The van der Waals surface area contributed by atoms with E-state index in [-0.39, 0.29) is 5.43 Å². The van der Waals surface area contributed by atoms with Crippen LogP contribution >= 0.6 is 0 Å². The Hall–Kier alpha value is -2.81. The molecule has 1 aromatic heterocycles. The van der Waals surface area contributed by atoms with Gasteiger partial charge >= 0.3 is 0 Å². The molecule has 0 saturated carbocycles. The van der Waals surface area contributed by atoms with E-state index in [1.54, 1.807) is 6.07 Å². The van der Waals surface area contributed by atoms with Crippen LogP contribution < -0.4 is 11.2 Å². The summed E-state index contributed by atoms with van der Waals surface area (Å²) in [5.41, 5.74) is 9.84. The topological polar surface area (TPSA) is 48.0 Å². The van der Waals surface area contributed by atoms with Crippen molar-refractivity contribution < 1.29 is 0 Å². The number of hydrogen-bond acceptors (Lipinski definition) is 2. The smallest absolute Gasteiger partial charge is 0.187 e. The van der Waals surface area contributed by atoms with Crippen LogP contribution in [0.15, 0.2) is 71.5 Å². The van der Waals surface area contributed by atoms with Crippen molar-refractivity contribution in [3.63, 3.8) is 0 Å². The quantitative estimate of drug-likeness (QED) is 0.804. The van der Waals surface area contributed by atoms with Crippen molar-refractivity contribution >= 4 is 5.82 Å². The minimum absolute atomic E-state index is 0.00830. The van der Waals surface area contributed by atoms with Crippen LogP contribution in [0, 0.1) is 6.92 Å². The third-order valence-corrected chi connectivity index (χ3v) is 3.78. The van der Waals surface area contributed by atoms with Crippen LogP contribution in [-0.4, -0.2) is 4.57 Å². The first-order valence-corrected chi connectivity index (χ1v) is 7.27. The average molecular weight is 290 g/mol. The Morgan fingerprint density at radius 2 is 1.55 bits per heavy atom. The lowest BCUT2D eigenvalue weighted by atomic mass is 10.0. The predicted molar refractivity (Wildman–Crippen MR) is 90.4 cm³/mol. The zero-order valence-electron chi connectivity index (χ0n) is 12.5. The first-order chi connectivity index (χ1) is 10.7. The van der Waals surface area contributed by atoms with Gasteiger partial charge in [0, 0.05) is 29.4 Å². The number of rotatable bonds is 3. The van der Waals surface area contributed by atoms with Gasteiger partial charge in [-0.2, -0.15) is 0 Å². The molecule has 0 fully saturated rings. The van der Waals surface area contributed by atoms with E-state index in [4.69, 9.17) is 5.73 Å². The summed E-state index contributed by atoms with van der Waals surface area (Å²) in [6.07, 6.45) is 0.540. The molecule has 0 saturated heterocycles. The normalized spacial score (nSPS) is 10.6. The Labute approximate surface area is 129 Å². The van der Waals surface area contributed by atoms with E-state index in [1.807, 2.05) is 72.2 Å². The minimum atomic E-state index is -0.00830. The molecular weight excluding hydrogens is 272 g/mol. The van der Waals surface area contributed by atoms with Crippen LogP contribution in [-0.2, 0) is 6.42 Å². The second-order valence-corrected chi connectivity index (χ2v) is 5.35. The molecule has 0 radical (unpaired) electrons. The summed E-state index contributed by atoms with van der Waals surface area (Å²) in [4.78, 5) is 12.4. The largest absolute Gasteiger partial charge is 0.384 e. The van der Waals surface area contributed by atoms with Crippen molar-refractivity contribution in [2.24, 2.45) is 0 Å². The fourth-order valence-electron chi connectivity index (χ4n) is 2.69. The third-order valence-electron chi connectivity index (χ3n) is 3.78. The predicted octanol–water partition coefficient (Wildman–Crippen LogP) is 3.32. The highest BCUT2D eigenvalue weighted by Crippen LogP contribution is 2.20. The van der Waals surface area contributed by atoms with Gasteiger partial charge in [-0.15, -0.1) is 0 Å². The molecule has 3 aromatic rings. The van der Waals surface area contributed by atoms with E-state index in [1.165, 1.54) is 0 Å². The number of nitrogen functional groups attached to an aromatic ring is 1. The van der Waals surface area contributed by atoms with E-state index in [0.717, 1.165) is 16.9 Å². The van der Waals surface area contributed by atoms with Crippen molar-refractivity contribution in [2.75, 3.05) is 5.73 Å². The lowest BCUT2D eigenvalue weighted by Crippen LogP contribution is -2.19.